The molecule has 0 saturated heterocycles. The summed E-state index contributed by atoms with van der Waals surface area (Å²) in [6, 6.07) is 6.81. The van der Waals surface area contributed by atoms with Crippen molar-refractivity contribution in [2.24, 2.45) is 0 Å². The van der Waals surface area contributed by atoms with E-state index in [0.717, 1.165) is 6.07 Å². The number of nitro benzene ring substituents is 1. The molecule has 28 heavy (non-hydrogen) atoms. The van der Waals surface area contributed by atoms with Crippen molar-refractivity contribution in [1.82, 2.24) is 0 Å². The minimum atomic E-state index is -4.71. The Morgan fingerprint density at radius 1 is 1.11 bits per heavy atom. The molecule has 3 rings (SSSR count). The molecule has 0 bridgehead atoms. The van der Waals surface area contributed by atoms with Gasteiger partial charge in [-0.3, -0.25) is 14.9 Å². The molecule has 0 atom stereocenters. The number of amides is 1. The molecular formula is C17H14F3N3O5. The zero-order valence-electron chi connectivity index (χ0n) is 14.2. The average molecular weight is 397 g/mol. The highest BCUT2D eigenvalue weighted by Crippen LogP contribution is 2.35. The highest BCUT2D eigenvalue weighted by molar-refractivity contribution is 5.94. The predicted octanol–water partition coefficient (Wildman–Crippen LogP) is 3.44. The predicted molar refractivity (Wildman–Crippen MR) is 92.6 cm³/mol. The number of carbonyl (C=O) groups excluding carboxylic acids is 1. The van der Waals surface area contributed by atoms with Crippen LogP contribution in [0.4, 0.5) is 30.2 Å². The van der Waals surface area contributed by atoms with Crippen LogP contribution in [0.25, 0.3) is 0 Å². The topological polar surface area (TPSA) is 103 Å². The van der Waals surface area contributed by atoms with Crippen molar-refractivity contribution >= 4 is 23.0 Å². The van der Waals surface area contributed by atoms with Crippen LogP contribution in [0, 0.1) is 10.1 Å². The molecule has 1 heterocycles. The Morgan fingerprint density at radius 3 is 2.50 bits per heavy atom. The smallest absolute Gasteiger partial charge is 0.416 e. The quantitative estimate of drug-likeness (QED) is 0.592. The van der Waals surface area contributed by atoms with Crippen molar-refractivity contribution < 1.29 is 32.4 Å². The summed E-state index contributed by atoms with van der Waals surface area (Å²) in [5.74, 6) is 0.462. The maximum absolute atomic E-state index is 12.7. The van der Waals surface area contributed by atoms with E-state index in [0.29, 0.717) is 42.5 Å². The second-order valence-corrected chi connectivity index (χ2v) is 5.75. The number of ether oxygens (including phenoxy) is 2. The Bertz CT molecular complexity index is 917. The van der Waals surface area contributed by atoms with Gasteiger partial charge in [-0.05, 0) is 24.3 Å². The second-order valence-electron chi connectivity index (χ2n) is 5.75. The fourth-order valence-corrected chi connectivity index (χ4v) is 2.51. The van der Waals surface area contributed by atoms with E-state index in [4.69, 9.17) is 9.47 Å². The Morgan fingerprint density at radius 2 is 1.82 bits per heavy atom. The number of nitrogens with one attached hydrogen (secondary N) is 2. The highest BCUT2D eigenvalue weighted by Gasteiger charge is 2.33. The minimum Gasteiger partial charge on any atom is -0.486 e. The van der Waals surface area contributed by atoms with Crippen LogP contribution in [0.5, 0.6) is 11.5 Å². The first kappa shape index (κ1) is 19.3. The standard InChI is InChI=1S/C17H14F3N3O5/c18-17(19,20)10-1-3-12(13(7-10)23(25)26)21-9-16(24)22-11-2-4-14-15(8-11)28-6-5-27-14/h1-4,7-8,21H,5-6,9H2,(H,22,24). The van der Waals surface area contributed by atoms with Crippen molar-refractivity contribution in [3.63, 3.8) is 0 Å². The zero-order chi connectivity index (χ0) is 20.3. The molecule has 2 aromatic rings. The first-order valence-electron chi connectivity index (χ1n) is 8.03. The number of benzene rings is 2. The van der Waals surface area contributed by atoms with E-state index < -0.39 is 28.3 Å². The second kappa shape index (κ2) is 7.62. The van der Waals surface area contributed by atoms with Crippen molar-refractivity contribution in [2.45, 2.75) is 6.18 Å². The summed E-state index contributed by atoms with van der Waals surface area (Å²) < 4.78 is 48.9. The molecule has 2 aromatic carbocycles. The lowest BCUT2D eigenvalue weighted by Gasteiger charge is -2.19. The molecule has 2 N–H and O–H groups in total. The molecule has 0 saturated carbocycles. The van der Waals surface area contributed by atoms with Gasteiger partial charge < -0.3 is 20.1 Å². The van der Waals surface area contributed by atoms with Crippen molar-refractivity contribution in [2.75, 3.05) is 30.4 Å². The fraction of sp³-hybridized carbons (Fsp3) is 0.235. The van der Waals surface area contributed by atoms with Crippen LogP contribution in [0.2, 0.25) is 0 Å². The molecule has 0 aromatic heterocycles. The zero-order valence-corrected chi connectivity index (χ0v) is 14.2. The number of nitro groups is 1. The van der Waals surface area contributed by atoms with Crippen LogP contribution >= 0.6 is 0 Å². The van der Waals surface area contributed by atoms with E-state index in [1.165, 1.54) is 0 Å². The van der Waals surface area contributed by atoms with Crippen LogP contribution in [0.3, 0.4) is 0 Å². The van der Waals surface area contributed by atoms with E-state index >= 15 is 0 Å². The number of carbonyl (C=O) groups is 1. The lowest BCUT2D eigenvalue weighted by molar-refractivity contribution is -0.384. The summed E-state index contributed by atoms with van der Waals surface area (Å²) in [5.41, 5.74) is -1.71. The Balaban J connectivity index is 1.66. The molecule has 0 radical (unpaired) electrons. The number of hydrogen-bond acceptors (Lipinski definition) is 6. The first-order valence-corrected chi connectivity index (χ1v) is 8.03. The maximum Gasteiger partial charge on any atom is 0.416 e. The molecule has 0 spiro atoms. The fourth-order valence-electron chi connectivity index (χ4n) is 2.51. The molecule has 0 fully saturated rings. The van der Waals surface area contributed by atoms with Crippen LogP contribution < -0.4 is 20.1 Å². The van der Waals surface area contributed by atoms with Crippen LogP contribution in [-0.2, 0) is 11.0 Å². The summed E-state index contributed by atoms with van der Waals surface area (Å²) in [6.07, 6.45) is -4.71. The molecule has 11 heteroatoms. The Labute approximate surface area is 156 Å². The number of hydrogen-bond donors (Lipinski definition) is 2. The van der Waals surface area contributed by atoms with E-state index in [-0.39, 0.29) is 12.2 Å². The number of alkyl halides is 3. The molecule has 1 amide bonds. The summed E-state index contributed by atoms with van der Waals surface area (Å²) in [6.45, 7) is 0.415. The van der Waals surface area contributed by atoms with E-state index in [2.05, 4.69) is 10.6 Å². The summed E-state index contributed by atoms with van der Waals surface area (Å²) in [5, 5.41) is 16.1. The van der Waals surface area contributed by atoms with Crippen molar-refractivity contribution in [3.05, 3.63) is 52.1 Å². The maximum atomic E-state index is 12.7. The van der Waals surface area contributed by atoms with Gasteiger partial charge in [-0.2, -0.15) is 13.2 Å². The minimum absolute atomic E-state index is 0.199. The van der Waals surface area contributed by atoms with Crippen LogP contribution in [0.15, 0.2) is 36.4 Å². The third-order valence-electron chi connectivity index (χ3n) is 3.79. The van der Waals surface area contributed by atoms with Crippen molar-refractivity contribution in [1.29, 1.82) is 0 Å². The molecule has 0 unspecified atom stereocenters. The molecule has 148 valence electrons. The normalized spacial score (nSPS) is 13.0. The van der Waals surface area contributed by atoms with E-state index in [1.54, 1.807) is 18.2 Å². The van der Waals surface area contributed by atoms with Gasteiger partial charge in [0.25, 0.3) is 5.69 Å². The lowest BCUT2D eigenvalue weighted by atomic mass is 10.1. The van der Waals surface area contributed by atoms with E-state index in [1.807, 2.05) is 0 Å². The third-order valence-corrected chi connectivity index (χ3v) is 3.79. The first-order chi connectivity index (χ1) is 13.2. The van der Waals surface area contributed by atoms with Gasteiger partial charge in [-0.15, -0.1) is 0 Å². The van der Waals surface area contributed by atoms with Crippen LogP contribution in [0.1, 0.15) is 5.56 Å². The van der Waals surface area contributed by atoms with Gasteiger partial charge in [0.15, 0.2) is 11.5 Å². The lowest BCUT2D eigenvalue weighted by Crippen LogP contribution is -2.22. The number of rotatable bonds is 5. The van der Waals surface area contributed by atoms with Crippen LogP contribution in [-0.4, -0.2) is 30.6 Å². The number of nitrogens with zero attached hydrogens (tertiary/aromatic N) is 1. The number of anilines is 2. The van der Waals surface area contributed by atoms with Gasteiger partial charge in [-0.1, -0.05) is 0 Å². The van der Waals surface area contributed by atoms with Gasteiger partial charge >= 0.3 is 6.18 Å². The van der Waals surface area contributed by atoms with E-state index in [9.17, 15) is 28.1 Å². The van der Waals surface area contributed by atoms with Gasteiger partial charge in [0.05, 0.1) is 17.0 Å². The largest absolute Gasteiger partial charge is 0.486 e. The van der Waals surface area contributed by atoms with Gasteiger partial charge in [0, 0.05) is 17.8 Å². The molecular weight excluding hydrogens is 383 g/mol. The summed E-state index contributed by atoms with van der Waals surface area (Å²) in [4.78, 5) is 22.2. The monoisotopic (exact) mass is 397 g/mol. The summed E-state index contributed by atoms with van der Waals surface area (Å²) in [7, 11) is 0. The number of fused-ring (bicyclic) bond motifs is 1. The summed E-state index contributed by atoms with van der Waals surface area (Å²) >= 11 is 0. The van der Waals surface area contributed by atoms with Gasteiger partial charge in [0.1, 0.15) is 18.9 Å². The van der Waals surface area contributed by atoms with Gasteiger partial charge in [-0.25, -0.2) is 0 Å². The molecule has 8 nitrogen and oxygen atoms in total. The van der Waals surface area contributed by atoms with Gasteiger partial charge in [0.2, 0.25) is 5.91 Å². The SMILES string of the molecule is O=C(CNc1ccc(C(F)(F)F)cc1[N+](=O)[O-])Nc1ccc2c(c1)OCCO2. The van der Waals surface area contributed by atoms with Crippen molar-refractivity contribution in [3.8, 4) is 11.5 Å². The number of halogens is 3. The third kappa shape index (κ3) is 4.42. The Hall–Kier alpha value is -3.50. The highest BCUT2D eigenvalue weighted by atomic mass is 19.4. The molecule has 1 aliphatic rings. The molecule has 0 aliphatic carbocycles. The average Bonchev–Trinajstić information content (AvgIpc) is 2.65. The molecule has 1 aliphatic heterocycles. The Kier molecular flexibility index (Phi) is 5.25.